The van der Waals surface area contributed by atoms with Crippen LogP contribution in [0.4, 0.5) is 13.2 Å². The van der Waals surface area contributed by atoms with Gasteiger partial charge in [0.1, 0.15) is 6.54 Å². The number of aromatic hydroxyl groups is 1. The van der Waals surface area contributed by atoms with Crippen molar-refractivity contribution in [2.45, 2.75) is 6.18 Å². The Bertz CT molecular complexity index is 655. The second-order valence-corrected chi connectivity index (χ2v) is 4.35. The van der Waals surface area contributed by atoms with Crippen LogP contribution >= 0.6 is 0 Å². The SMILES string of the molecule is O=C(COc1cc2ccccc2cc1O)NCC(F)(F)F. The zero-order chi connectivity index (χ0) is 15.5. The van der Waals surface area contributed by atoms with E-state index in [1.165, 1.54) is 12.1 Å². The van der Waals surface area contributed by atoms with Crippen LogP contribution in [0.25, 0.3) is 10.8 Å². The molecule has 4 nitrogen and oxygen atoms in total. The topological polar surface area (TPSA) is 58.6 Å². The third kappa shape index (κ3) is 4.27. The number of fused-ring (bicyclic) bond motifs is 1. The third-order valence-electron chi connectivity index (χ3n) is 2.67. The van der Waals surface area contributed by atoms with E-state index in [0.29, 0.717) is 0 Å². The van der Waals surface area contributed by atoms with E-state index in [1.807, 2.05) is 0 Å². The normalized spacial score (nSPS) is 11.4. The number of carbonyl (C=O) groups is 1. The highest BCUT2D eigenvalue weighted by molar-refractivity contribution is 5.86. The van der Waals surface area contributed by atoms with Gasteiger partial charge in [-0.05, 0) is 22.9 Å². The molecular formula is C14H12F3NO3. The molecule has 112 valence electrons. The predicted molar refractivity (Wildman–Crippen MR) is 70.2 cm³/mol. The summed E-state index contributed by atoms with van der Waals surface area (Å²) < 4.78 is 40.8. The monoisotopic (exact) mass is 299 g/mol. The minimum atomic E-state index is -4.47. The van der Waals surface area contributed by atoms with Crippen molar-refractivity contribution in [1.29, 1.82) is 0 Å². The molecule has 0 fully saturated rings. The smallest absolute Gasteiger partial charge is 0.405 e. The lowest BCUT2D eigenvalue weighted by atomic mass is 10.1. The summed E-state index contributed by atoms with van der Waals surface area (Å²) in [6.45, 7) is -2.03. The van der Waals surface area contributed by atoms with Crippen LogP contribution in [-0.4, -0.2) is 30.3 Å². The molecule has 1 amide bonds. The van der Waals surface area contributed by atoms with Crippen LogP contribution in [0.5, 0.6) is 11.5 Å². The minimum absolute atomic E-state index is 0.0378. The number of hydrogen-bond donors (Lipinski definition) is 2. The molecule has 0 aliphatic heterocycles. The first-order chi connectivity index (χ1) is 9.85. The number of phenolic OH excluding ortho intramolecular Hbond substituents is 1. The number of rotatable bonds is 4. The van der Waals surface area contributed by atoms with E-state index in [4.69, 9.17) is 4.74 Å². The van der Waals surface area contributed by atoms with Crippen molar-refractivity contribution in [2.24, 2.45) is 0 Å². The Morgan fingerprint density at radius 2 is 1.81 bits per heavy atom. The predicted octanol–water partition coefficient (Wildman–Crippen LogP) is 2.60. The Morgan fingerprint density at radius 3 is 2.43 bits per heavy atom. The molecule has 0 unspecified atom stereocenters. The number of halogens is 3. The number of ether oxygens (including phenoxy) is 1. The summed E-state index contributed by atoms with van der Waals surface area (Å²) in [5.74, 6) is -1.06. The number of benzene rings is 2. The lowest BCUT2D eigenvalue weighted by Gasteiger charge is -2.11. The van der Waals surface area contributed by atoms with Gasteiger partial charge in [-0.3, -0.25) is 4.79 Å². The molecule has 0 bridgehead atoms. The summed E-state index contributed by atoms with van der Waals surface area (Å²) in [6, 6.07) is 10.1. The highest BCUT2D eigenvalue weighted by Crippen LogP contribution is 2.31. The zero-order valence-electron chi connectivity index (χ0n) is 10.8. The minimum Gasteiger partial charge on any atom is -0.504 e. The van der Waals surface area contributed by atoms with Crippen molar-refractivity contribution >= 4 is 16.7 Å². The standard InChI is InChI=1S/C14H12F3NO3/c15-14(16,17)8-18-13(20)7-21-12-6-10-4-2-1-3-9(10)5-11(12)19/h1-6,19H,7-8H2,(H,18,20). The van der Waals surface area contributed by atoms with Crippen LogP contribution < -0.4 is 10.1 Å². The number of phenols is 1. The largest absolute Gasteiger partial charge is 0.504 e. The first kappa shape index (κ1) is 15.0. The van der Waals surface area contributed by atoms with Gasteiger partial charge in [0.25, 0.3) is 5.91 Å². The van der Waals surface area contributed by atoms with Gasteiger partial charge in [-0.25, -0.2) is 0 Å². The molecule has 0 spiro atoms. The van der Waals surface area contributed by atoms with Crippen molar-refractivity contribution in [3.63, 3.8) is 0 Å². The summed E-state index contributed by atoms with van der Waals surface area (Å²) in [5, 5.41) is 13.0. The molecule has 21 heavy (non-hydrogen) atoms. The maximum absolute atomic E-state index is 11.9. The average molecular weight is 299 g/mol. The molecule has 2 aromatic rings. The Labute approximate surface area is 118 Å². The number of alkyl halides is 3. The van der Waals surface area contributed by atoms with Crippen LogP contribution in [0.15, 0.2) is 36.4 Å². The first-order valence-electron chi connectivity index (χ1n) is 6.03. The van der Waals surface area contributed by atoms with Crippen molar-refractivity contribution in [2.75, 3.05) is 13.2 Å². The molecule has 0 saturated heterocycles. The van der Waals surface area contributed by atoms with E-state index in [1.54, 1.807) is 29.6 Å². The Kier molecular flexibility index (Phi) is 4.21. The molecule has 0 aromatic heterocycles. The molecule has 0 saturated carbocycles. The van der Waals surface area contributed by atoms with Gasteiger partial charge < -0.3 is 15.2 Å². The highest BCUT2D eigenvalue weighted by Gasteiger charge is 2.27. The van der Waals surface area contributed by atoms with Gasteiger partial charge in [0.2, 0.25) is 0 Å². The summed E-state index contributed by atoms with van der Waals surface area (Å²) in [7, 11) is 0. The van der Waals surface area contributed by atoms with E-state index in [0.717, 1.165) is 10.8 Å². The summed E-state index contributed by atoms with van der Waals surface area (Å²) in [5.41, 5.74) is 0. The van der Waals surface area contributed by atoms with E-state index >= 15 is 0 Å². The third-order valence-corrected chi connectivity index (χ3v) is 2.67. The highest BCUT2D eigenvalue weighted by atomic mass is 19.4. The van der Waals surface area contributed by atoms with Crippen LogP contribution in [-0.2, 0) is 4.79 Å². The number of hydrogen-bond acceptors (Lipinski definition) is 3. The van der Waals surface area contributed by atoms with Crippen molar-refractivity contribution in [1.82, 2.24) is 5.32 Å². The molecule has 0 aliphatic carbocycles. The number of carbonyl (C=O) groups excluding carboxylic acids is 1. The maximum Gasteiger partial charge on any atom is 0.405 e. The molecule has 2 N–H and O–H groups in total. The van der Waals surface area contributed by atoms with Gasteiger partial charge in [-0.2, -0.15) is 13.2 Å². The van der Waals surface area contributed by atoms with Gasteiger partial charge in [0.15, 0.2) is 18.1 Å². The lowest BCUT2D eigenvalue weighted by Crippen LogP contribution is -2.36. The molecule has 0 atom stereocenters. The van der Waals surface area contributed by atoms with E-state index < -0.39 is 25.2 Å². The molecular weight excluding hydrogens is 287 g/mol. The molecule has 2 aromatic carbocycles. The fourth-order valence-corrected chi connectivity index (χ4v) is 1.72. The second kappa shape index (κ2) is 5.90. The van der Waals surface area contributed by atoms with Crippen molar-refractivity contribution in [3.05, 3.63) is 36.4 Å². The van der Waals surface area contributed by atoms with Crippen molar-refractivity contribution < 1.29 is 27.8 Å². The van der Waals surface area contributed by atoms with Crippen molar-refractivity contribution in [3.8, 4) is 11.5 Å². The first-order valence-corrected chi connectivity index (χ1v) is 6.03. The quantitative estimate of drug-likeness (QED) is 0.912. The lowest BCUT2D eigenvalue weighted by molar-refractivity contribution is -0.139. The van der Waals surface area contributed by atoms with Crippen LogP contribution in [0, 0.1) is 0 Å². The molecule has 2 rings (SSSR count). The van der Waals surface area contributed by atoms with Gasteiger partial charge in [0, 0.05) is 0 Å². The summed E-state index contributed by atoms with van der Waals surface area (Å²) >= 11 is 0. The summed E-state index contributed by atoms with van der Waals surface area (Å²) in [6.07, 6.45) is -4.47. The fraction of sp³-hybridized carbons (Fsp3) is 0.214. The number of nitrogens with one attached hydrogen (secondary N) is 1. The van der Waals surface area contributed by atoms with E-state index in [2.05, 4.69) is 0 Å². The van der Waals surface area contributed by atoms with Gasteiger partial charge in [0.05, 0.1) is 0 Å². The molecule has 0 heterocycles. The fourth-order valence-electron chi connectivity index (χ4n) is 1.72. The summed E-state index contributed by atoms with van der Waals surface area (Å²) in [4.78, 5) is 11.2. The van der Waals surface area contributed by atoms with Crippen LogP contribution in [0.1, 0.15) is 0 Å². The molecule has 0 aliphatic rings. The van der Waals surface area contributed by atoms with Gasteiger partial charge in [-0.15, -0.1) is 0 Å². The second-order valence-electron chi connectivity index (χ2n) is 4.35. The molecule has 7 heteroatoms. The van der Waals surface area contributed by atoms with E-state index in [-0.39, 0.29) is 11.5 Å². The van der Waals surface area contributed by atoms with Crippen LogP contribution in [0.2, 0.25) is 0 Å². The number of amides is 1. The Balaban J connectivity index is 2.00. The maximum atomic E-state index is 11.9. The molecule has 0 radical (unpaired) electrons. The van der Waals surface area contributed by atoms with E-state index in [9.17, 15) is 23.1 Å². The Hall–Kier alpha value is -2.44. The van der Waals surface area contributed by atoms with Crippen LogP contribution in [0.3, 0.4) is 0 Å². The van der Waals surface area contributed by atoms with Gasteiger partial charge >= 0.3 is 6.18 Å². The average Bonchev–Trinajstić information content (AvgIpc) is 2.42. The van der Waals surface area contributed by atoms with Gasteiger partial charge in [-0.1, -0.05) is 24.3 Å². The zero-order valence-corrected chi connectivity index (χ0v) is 10.8. The Morgan fingerprint density at radius 1 is 1.19 bits per heavy atom.